The second-order valence-corrected chi connectivity index (χ2v) is 7.17. The number of amides is 2. The van der Waals surface area contributed by atoms with Crippen molar-refractivity contribution in [1.29, 1.82) is 0 Å². The molecule has 1 aliphatic heterocycles. The van der Waals surface area contributed by atoms with Gasteiger partial charge in [0.25, 0.3) is 0 Å². The van der Waals surface area contributed by atoms with E-state index in [-0.39, 0.29) is 29.3 Å². The van der Waals surface area contributed by atoms with E-state index < -0.39 is 12.1 Å². The first-order chi connectivity index (χ1) is 9.63. The number of hydrogen-bond acceptors (Lipinski definition) is 3. The summed E-state index contributed by atoms with van der Waals surface area (Å²) in [5, 5.41) is 2.92. The maximum absolute atomic E-state index is 12.9. The van der Waals surface area contributed by atoms with Crippen molar-refractivity contribution in [2.75, 3.05) is 13.7 Å². The van der Waals surface area contributed by atoms with Crippen LogP contribution in [0.2, 0.25) is 0 Å². The number of nitrogens with zero attached hydrogens (tertiary/aromatic N) is 1. The fraction of sp³-hybridized carbons (Fsp3) is 0.875. The highest BCUT2D eigenvalue weighted by Crippen LogP contribution is 2.28. The van der Waals surface area contributed by atoms with E-state index in [1.54, 1.807) is 12.0 Å². The normalized spacial score (nSPS) is 26.5. The third-order valence-corrected chi connectivity index (χ3v) is 4.33. The Morgan fingerprint density at radius 1 is 1.29 bits per heavy atom. The lowest BCUT2D eigenvalue weighted by Crippen LogP contribution is -2.68. The van der Waals surface area contributed by atoms with E-state index in [0.717, 1.165) is 6.42 Å². The Bertz CT molecular complexity index is 389. The molecule has 1 heterocycles. The molecular formula is C16H30N2O3. The highest BCUT2D eigenvalue weighted by atomic mass is 16.5. The van der Waals surface area contributed by atoms with Crippen molar-refractivity contribution in [1.82, 2.24) is 10.2 Å². The van der Waals surface area contributed by atoms with Crippen LogP contribution in [0.1, 0.15) is 48.0 Å². The molecule has 0 saturated carbocycles. The molecule has 0 spiro atoms. The Balaban J connectivity index is 3.11. The van der Waals surface area contributed by atoms with Crippen molar-refractivity contribution in [3.05, 3.63) is 0 Å². The molecule has 0 bridgehead atoms. The zero-order valence-corrected chi connectivity index (χ0v) is 14.4. The minimum absolute atomic E-state index is 0.00343. The smallest absolute Gasteiger partial charge is 0.246 e. The first-order valence-electron chi connectivity index (χ1n) is 7.77. The number of hydrogen-bond donors (Lipinski definition) is 1. The lowest BCUT2D eigenvalue weighted by molar-refractivity contribution is -0.156. The summed E-state index contributed by atoms with van der Waals surface area (Å²) in [7, 11) is 1.62. The molecule has 1 fully saturated rings. The molecule has 0 aromatic rings. The Labute approximate surface area is 128 Å². The van der Waals surface area contributed by atoms with Crippen LogP contribution >= 0.6 is 0 Å². The molecule has 0 aliphatic carbocycles. The van der Waals surface area contributed by atoms with Crippen LogP contribution < -0.4 is 5.32 Å². The Morgan fingerprint density at radius 3 is 2.29 bits per heavy atom. The van der Waals surface area contributed by atoms with E-state index in [0.29, 0.717) is 6.54 Å². The van der Waals surface area contributed by atoms with Crippen LogP contribution in [0.4, 0.5) is 0 Å². The number of carbonyl (C=O) groups excluding carboxylic acids is 2. The topological polar surface area (TPSA) is 58.6 Å². The van der Waals surface area contributed by atoms with Crippen LogP contribution in [-0.2, 0) is 14.3 Å². The van der Waals surface area contributed by atoms with Crippen LogP contribution in [0, 0.1) is 11.3 Å². The summed E-state index contributed by atoms with van der Waals surface area (Å²) in [6.45, 7) is 12.3. The molecule has 4 unspecified atom stereocenters. The van der Waals surface area contributed by atoms with Gasteiger partial charge >= 0.3 is 0 Å². The van der Waals surface area contributed by atoms with E-state index in [1.807, 2.05) is 41.5 Å². The number of carbonyl (C=O) groups is 2. The van der Waals surface area contributed by atoms with Crippen molar-refractivity contribution in [2.24, 2.45) is 11.3 Å². The second-order valence-electron chi connectivity index (χ2n) is 7.17. The summed E-state index contributed by atoms with van der Waals surface area (Å²) < 4.78 is 5.29. The highest BCUT2D eigenvalue weighted by molar-refractivity contribution is 5.97. The number of methoxy groups -OCH3 is 1. The van der Waals surface area contributed by atoms with Crippen molar-refractivity contribution in [2.45, 2.75) is 66.2 Å². The molecule has 4 atom stereocenters. The van der Waals surface area contributed by atoms with Crippen molar-refractivity contribution in [3.8, 4) is 0 Å². The van der Waals surface area contributed by atoms with E-state index in [4.69, 9.17) is 4.74 Å². The monoisotopic (exact) mass is 298 g/mol. The summed E-state index contributed by atoms with van der Waals surface area (Å²) >= 11 is 0. The van der Waals surface area contributed by atoms with Gasteiger partial charge < -0.3 is 15.0 Å². The molecule has 0 aromatic carbocycles. The Kier molecular flexibility index (Phi) is 5.79. The standard InChI is InChI=1S/C16H30N2O3/c1-8-10(2)12-14(19)17-13(16(4,5)6)15(20)18(12)9-11(3)21-7/h10-13H,8-9H2,1-7H3,(H,17,19). The van der Waals surface area contributed by atoms with Crippen molar-refractivity contribution in [3.63, 3.8) is 0 Å². The molecular weight excluding hydrogens is 268 g/mol. The summed E-state index contributed by atoms with van der Waals surface area (Å²) in [5.74, 6) is 0.0717. The lowest BCUT2D eigenvalue weighted by atomic mass is 9.82. The predicted octanol–water partition coefficient (Wildman–Crippen LogP) is 1.81. The van der Waals surface area contributed by atoms with E-state index in [2.05, 4.69) is 5.32 Å². The summed E-state index contributed by atoms with van der Waals surface area (Å²) in [6, 6.07) is -0.881. The van der Waals surface area contributed by atoms with Gasteiger partial charge in [-0.3, -0.25) is 9.59 Å². The molecule has 122 valence electrons. The molecule has 1 aliphatic rings. The quantitative estimate of drug-likeness (QED) is 0.842. The zero-order chi connectivity index (χ0) is 16.4. The van der Waals surface area contributed by atoms with Crippen molar-refractivity contribution < 1.29 is 14.3 Å². The number of rotatable bonds is 5. The number of ether oxygens (including phenoxy) is 1. The van der Waals surface area contributed by atoms with E-state index in [1.165, 1.54) is 0 Å². The van der Waals surface area contributed by atoms with Gasteiger partial charge in [-0.1, -0.05) is 41.0 Å². The molecule has 1 rings (SSSR count). The third kappa shape index (κ3) is 3.96. The largest absolute Gasteiger partial charge is 0.380 e. The molecule has 0 radical (unpaired) electrons. The molecule has 2 amide bonds. The van der Waals surface area contributed by atoms with Gasteiger partial charge in [-0.25, -0.2) is 0 Å². The van der Waals surface area contributed by atoms with Gasteiger partial charge in [-0.05, 0) is 18.3 Å². The van der Waals surface area contributed by atoms with Gasteiger partial charge in [0, 0.05) is 13.7 Å². The van der Waals surface area contributed by atoms with Crippen LogP contribution in [0.5, 0.6) is 0 Å². The summed E-state index contributed by atoms with van der Waals surface area (Å²) in [4.78, 5) is 27.1. The molecule has 21 heavy (non-hydrogen) atoms. The Morgan fingerprint density at radius 2 is 1.86 bits per heavy atom. The van der Waals surface area contributed by atoms with E-state index in [9.17, 15) is 9.59 Å². The third-order valence-electron chi connectivity index (χ3n) is 4.33. The minimum atomic E-state index is -0.477. The van der Waals surface area contributed by atoms with Gasteiger partial charge in [0.05, 0.1) is 6.10 Å². The van der Waals surface area contributed by atoms with E-state index >= 15 is 0 Å². The fourth-order valence-corrected chi connectivity index (χ4v) is 2.66. The maximum atomic E-state index is 12.9. The van der Waals surface area contributed by atoms with Gasteiger partial charge in [0.15, 0.2) is 0 Å². The summed E-state index contributed by atoms with van der Waals surface area (Å²) in [5.41, 5.74) is -0.304. The molecule has 5 nitrogen and oxygen atoms in total. The average Bonchev–Trinajstić information content (AvgIpc) is 2.40. The molecule has 0 aromatic heterocycles. The first kappa shape index (κ1) is 18.0. The van der Waals surface area contributed by atoms with Gasteiger partial charge in [-0.2, -0.15) is 0 Å². The molecule has 5 heteroatoms. The Hall–Kier alpha value is -1.10. The van der Waals surface area contributed by atoms with Crippen LogP contribution in [0.15, 0.2) is 0 Å². The average molecular weight is 298 g/mol. The van der Waals surface area contributed by atoms with Crippen LogP contribution in [-0.4, -0.2) is 48.6 Å². The highest BCUT2D eigenvalue weighted by Gasteiger charge is 2.46. The molecule has 1 saturated heterocycles. The van der Waals surface area contributed by atoms with Crippen LogP contribution in [0.3, 0.4) is 0 Å². The maximum Gasteiger partial charge on any atom is 0.246 e. The second kappa shape index (κ2) is 6.77. The SMILES string of the molecule is CCC(C)C1C(=O)NC(C(C)(C)C)C(=O)N1CC(C)OC. The number of nitrogens with one attached hydrogen (secondary N) is 1. The minimum Gasteiger partial charge on any atom is -0.380 e. The summed E-state index contributed by atoms with van der Waals surface area (Å²) in [6.07, 6.45) is 0.760. The predicted molar refractivity (Wildman–Crippen MR) is 82.8 cm³/mol. The van der Waals surface area contributed by atoms with Gasteiger partial charge in [0.2, 0.25) is 11.8 Å². The molecule has 1 N–H and O–H groups in total. The fourth-order valence-electron chi connectivity index (χ4n) is 2.66. The van der Waals surface area contributed by atoms with Gasteiger partial charge in [0.1, 0.15) is 12.1 Å². The van der Waals surface area contributed by atoms with Crippen LogP contribution in [0.25, 0.3) is 0 Å². The van der Waals surface area contributed by atoms with Crippen molar-refractivity contribution >= 4 is 11.8 Å². The first-order valence-corrected chi connectivity index (χ1v) is 7.77. The zero-order valence-electron chi connectivity index (χ0n) is 14.4. The number of piperazine rings is 1. The lowest BCUT2D eigenvalue weighted by Gasteiger charge is -2.45. The van der Waals surface area contributed by atoms with Gasteiger partial charge in [-0.15, -0.1) is 0 Å².